The van der Waals surface area contributed by atoms with Crippen LogP contribution in [0.5, 0.6) is 11.5 Å². The molecule has 0 spiro atoms. The summed E-state index contributed by atoms with van der Waals surface area (Å²) in [6.07, 6.45) is 1.41. The van der Waals surface area contributed by atoms with Crippen molar-refractivity contribution in [2.75, 3.05) is 7.11 Å². The molecule has 122 valence electrons. The third-order valence-corrected chi connectivity index (χ3v) is 3.45. The number of oxazole rings is 1. The highest BCUT2D eigenvalue weighted by atomic mass is 16.5. The molecule has 3 rings (SSSR count). The van der Waals surface area contributed by atoms with Gasteiger partial charge in [-0.1, -0.05) is 18.2 Å². The number of carboxylic acid groups (broad SMARTS) is 1. The van der Waals surface area contributed by atoms with E-state index in [-0.39, 0.29) is 18.1 Å². The molecule has 0 saturated carbocycles. The first kappa shape index (κ1) is 15.6. The van der Waals surface area contributed by atoms with Crippen molar-refractivity contribution in [1.82, 2.24) is 4.98 Å². The minimum Gasteiger partial charge on any atom is -0.504 e. The van der Waals surface area contributed by atoms with Crippen molar-refractivity contribution in [3.8, 4) is 11.5 Å². The molecule has 1 aromatic heterocycles. The van der Waals surface area contributed by atoms with Crippen molar-refractivity contribution < 1.29 is 24.2 Å². The lowest BCUT2D eigenvalue weighted by Crippen LogP contribution is -1.97. The average molecular weight is 325 g/mol. The van der Waals surface area contributed by atoms with E-state index in [1.165, 1.54) is 13.2 Å². The Morgan fingerprint density at radius 3 is 2.79 bits per heavy atom. The Kier molecular flexibility index (Phi) is 4.20. The first-order valence-corrected chi connectivity index (χ1v) is 7.22. The van der Waals surface area contributed by atoms with Gasteiger partial charge in [0.05, 0.1) is 13.5 Å². The summed E-state index contributed by atoms with van der Waals surface area (Å²) in [5.74, 6) is -0.424. The van der Waals surface area contributed by atoms with Gasteiger partial charge in [0.2, 0.25) is 5.89 Å². The third kappa shape index (κ3) is 3.22. The van der Waals surface area contributed by atoms with Gasteiger partial charge in [-0.15, -0.1) is 0 Å². The van der Waals surface area contributed by atoms with E-state index in [0.717, 1.165) is 0 Å². The largest absolute Gasteiger partial charge is 0.504 e. The van der Waals surface area contributed by atoms with Crippen LogP contribution in [0.4, 0.5) is 0 Å². The molecule has 0 aliphatic carbocycles. The predicted molar refractivity (Wildman–Crippen MR) is 88.8 cm³/mol. The number of phenolic OH excluding ortho intramolecular Hbond substituents is 1. The van der Waals surface area contributed by atoms with Crippen LogP contribution in [0.15, 0.2) is 46.9 Å². The number of aromatic nitrogens is 1. The monoisotopic (exact) mass is 325 g/mol. The first-order chi connectivity index (χ1) is 11.6. The lowest BCUT2D eigenvalue weighted by Gasteiger charge is -2.05. The van der Waals surface area contributed by atoms with Gasteiger partial charge >= 0.3 is 5.97 Å². The van der Waals surface area contributed by atoms with Crippen LogP contribution in [0.2, 0.25) is 0 Å². The second-order valence-corrected chi connectivity index (χ2v) is 5.16. The van der Waals surface area contributed by atoms with E-state index in [9.17, 15) is 9.90 Å². The summed E-state index contributed by atoms with van der Waals surface area (Å²) in [6, 6.07) is 12.0. The van der Waals surface area contributed by atoms with Crippen LogP contribution in [0.1, 0.15) is 17.9 Å². The molecule has 0 amide bonds. The smallest absolute Gasteiger partial charge is 0.308 e. The number of aromatic hydroxyl groups is 1. The summed E-state index contributed by atoms with van der Waals surface area (Å²) >= 11 is 0. The van der Waals surface area contributed by atoms with Crippen LogP contribution in [0, 0.1) is 0 Å². The maximum Gasteiger partial charge on any atom is 0.308 e. The van der Waals surface area contributed by atoms with Gasteiger partial charge in [0.25, 0.3) is 0 Å². The first-order valence-electron chi connectivity index (χ1n) is 7.22. The molecule has 0 atom stereocenters. The third-order valence-electron chi connectivity index (χ3n) is 3.45. The van der Waals surface area contributed by atoms with Gasteiger partial charge in [-0.25, -0.2) is 4.98 Å². The predicted octanol–water partition coefficient (Wildman–Crippen LogP) is 3.56. The summed E-state index contributed by atoms with van der Waals surface area (Å²) in [7, 11) is 1.45. The maximum absolute atomic E-state index is 11.2. The Hall–Kier alpha value is -3.28. The Bertz CT molecular complexity index is 893. The molecule has 0 bridgehead atoms. The number of benzene rings is 2. The second kappa shape index (κ2) is 6.45. The average Bonchev–Trinajstić information content (AvgIpc) is 2.99. The molecule has 0 saturated heterocycles. The molecule has 2 aromatic carbocycles. The number of aliphatic carboxylic acids is 1. The standard InChI is InChI=1S/C18H15NO5/c1-23-16-9-11(6-7-14(16)20)8-12(10-17(21)22)18-19-13-4-2-3-5-15(13)24-18/h2-9,20H,10H2,1H3,(H,21,22)/b12-8+. The van der Waals surface area contributed by atoms with Crippen molar-refractivity contribution in [3.63, 3.8) is 0 Å². The van der Waals surface area contributed by atoms with Gasteiger partial charge in [0.1, 0.15) is 5.52 Å². The van der Waals surface area contributed by atoms with E-state index >= 15 is 0 Å². The number of rotatable bonds is 5. The summed E-state index contributed by atoms with van der Waals surface area (Å²) in [5.41, 5.74) is 2.34. The number of ether oxygens (including phenoxy) is 1. The number of para-hydroxylation sites is 2. The summed E-state index contributed by atoms with van der Waals surface area (Å²) in [5, 5.41) is 18.8. The molecule has 2 N–H and O–H groups in total. The summed E-state index contributed by atoms with van der Waals surface area (Å²) in [6.45, 7) is 0. The molecule has 0 fully saturated rings. The molecule has 0 aliphatic heterocycles. The Balaban J connectivity index is 2.07. The van der Waals surface area contributed by atoms with Gasteiger partial charge in [-0.05, 0) is 35.9 Å². The molecular weight excluding hydrogens is 310 g/mol. The van der Waals surface area contributed by atoms with Gasteiger partial charge in [-0.2, -0.15) is 0 Å². The summed E-state index contributed by atoms with van der Waals surface area (Å²) < 4.78 is 10.7. The highest BCUT2D eigenvalue weighted by Gasteiger charge is 2.14. The zero-order valence-electron chi connectivity index (χ0n) is 12.9. The van der Waals surface area contributed by atoms with Crippen molar-refractivity contribution >= 4 is 28.7 Å². The van der Waals surface area contributed by atoms with E-state index in [1.54, 1.807) is 30.3 Å². The molecule has 6 heteroatoms. The van der Waals surface area contributed by atoms with E-state index in [0.29, 0.717) is 28.0 Å². The number of hydrogen-bond acceptors (Lipinski definition) is 5. The van der Waals surface area contributed by atoms with Crippen molar-refractivity contribution in [2.24, 2.45) is 0 Å². The van der Waals surface area contributed by atoms with Gasteiger partial charge in [0.15, 0.2) is 17.1 Å². The number of carbonyl (C=O) groups is 1. The molecule has 6 nitrogen and oxygen atoms in total. The van der Waals surface area contributed by atoms with Crippen molar-refractivity contribution in [3.05, 3.63) is 53.9 Å². The minimum absolute atomic E-state index is 0.0105. The maximum atomic E-state index is 11.2. The van der Waals surface area contributed by atoms with Crippen LogP contribution in [-0.4, -0.2) is 28.3 Å². The molecule has 1 heterocycles. The SMILES string of the molecule is COc1cc(/C=C(\CC(=O)O)c2nc3ccccc3o2)ccc1O. The highest BCUT2D eigenvalue weighted by molar-refractivity contribution is 5.91. The fourth-order valence-corrected chi connectivity index (χ4v) is 2.35. The second-order valence-electron chi connectivity index (χ2n) is 5.16. The lowest BCUT2D eigenvalue weighted by molar-refractivity contribution is -0.135. The van der Waals surface area contributed by atoms with E-state index < -0.39 is 5.97 Å². The van der Waals surface area contributed by atoms with E-state index in [1.807, 2.05) is 12.1 Å². The normalized spacial score (nSPS) is 11.6. The zero-order valence-corrected chi connectivity index (χ0v) is 12.9. The molecule has 24 heavy (non-hydrogen) atoms. The van der Waals surface area contributed by atoms with Crippen LogP contribution in [0.25, 0.3) is 22.7 Å². The van der Waals surface area contributed by atoms with E-state index in [4.69, 9.17) is 14.3 Å². The number of carboxylic acids is 1. The zero-order chi connectivity index (χ0) is 17.1. The van der Waals surface area contributed by atoms with Gasteiger partial charge in [-0.3, -0.25) is 4.79 Å². The van der Waals surface area contributed by atoms with Crippen LogP contribution >= 0.6 is 0 Å². The number of nitrogens with zero attached hydrogens (tertiary/aromatic N) is 1. The van der Waals surface area contributed by atoms with Gasteiger partial charge < -0.3 is 19.4 Å². The number of hydrogen-bond donors (Lipinski definition) is 2. The fraction of sp³-hybridized carbons (Fsp3) is 0.111. The Labute approximate surface area is 137 Å². The molecular formula is C18H15NO5. The fourth-order valence-electron chi connectivity index (χ4n) is 2.35. The lowest BCUT2D eigenvalue weighted by atomic mass is 10.1. The quantitative estimate of drug-likeness (QED) is 0.745. The van der Waals surface area contributed by atoms with Crippen molar-refractivity contribution in [2.45, 2.75) is 6.42 Å². The molecule has 3 aromatic rings. The topological polar surface area (TPSA) is 92.8 Å². The van der Waals surface area contributed by atoms with Crippen LogP contribution in [0.3, 0.4) is 0 Å². The number of fused-ring (bicyclic) bond motifs is 1. The number of methoxy groups -OCH3 is 1. The minimum atomic E-state index is -0.991. The molecule has 0 aliphatic rings. The Morgan fingerprint density at radius 1 is 1.29 bits per heavy atom. The van der Waals surface area contributed by atoms with E-state index in [2.05, 4.69) is 4.98 Å². The molecule has 0 radical (unpaired) electrons. The van der Waals surface area contributed by atoms with Crippen molar-refractivity contribution in [1.29, 1.82) is 0 Å². The Morgan fingerprint density at radius 2 is 2.08 bits per heavy atom. The molecule has 0 unspecified atom stereocenters. The number of phenols is 1. The van der Waals surface area contributed by atoms with Gasteiger partial charge in [0, 0.05) is 5.57 Å². The van der Waals surface area contributed by atoms with Crippen LogP contribution < -0.4 is 4.74 Å². The van der Waals surface area contributed by atoms with Crippen LogP contribution in [-0.2, 0) is 4.79 Å². The summed E-state index contributed by atoms with van der Waals surface area (Å²) in [4.78, 5) is 15.5. The highest BCUT2D eigenvalue weighted by Crippen LogP contribution is 2.30.